The molecule has 1 aliphatic heterocycles. The number of ether oxygens (including phenoxy) is 1. The van der Waals surface area contributed by atoms with Gasteiger partial charge in [-0.1, -0.05) is 6.07 Å². The molecular weight excluding hydrogens is 412 g/mol. The Morgan fingerprint density at radius 2 is 1.88 bits per heavy atom. The Kier molecular flexibility index (Phi) is 5.91. The van der Waals surface area contributed by atoms with Crippen molar-refractivity contribution in [2.45, 2.75) is 32.5 Å². The lowest BCUT2D eigenvalue weighted by atomic mass is 10.1. The van der Waals surface area contributed by atoms with E-state index < -0.39 is 0 Å². The predicted octanol–water partition coefficient (Wildman–Crippen LogP) is 4.28. The topological polar surface area (TPSA) is 50.8 Å². The SMILES string of the molecule is COc1ccc(-c2cccc3nc([C@@H]4CN(Cc5cnn(C(C)C)c5)CCN4C)cn23)cc1. The van der Waals surface area contributed by atoms with E-state index in [1.807, 2.05) is 23.0 Å². The van der Waals surface area contributed by atoms with Gasteiger partial charge in [0.05, 0.1) is 30.7 Å². The second-order valence-electron chi connectivity index (χ2n) is 9.19. The molecule has 0 radical (unpaired) electrons. The molecule has 33 heavy (non-hydrogen) atoms. The van der Waals surface area contributed by atoms with Gasteiger partial charge in [0.25, 0.3) is 0 Å². The van der Waals surface area contributed by atoms with Gasteiger partial charge in [-0.15, -0.1) is 0 Å². The summed E-state index contributed by atoms with van der Waals surface area (Å²) in [5.41, 5.74) is 5.63. The number of likely N-dealkylation sites (N-methyl/N-ethyl adjacent to an activating group) is 1. The molecule has 0 bridgehead atoms. The molecule has 1 saturated heterocycles. The number of aromatic nitrogens is 4. The van der Waals surface area contributed by atoms with Crippen LogP contribution in [0, 0.1) is 0 Å². The van der Waals surface area contributed by atoms with Gasteiger partial charge < -0.3 is 4.74 Å². The van der Waals surface area contributed by atoms with Crippen LogP contribution in [0.5, 0.6) is 5.75 Å². The number of hydrogen-bond donors (Lipinski definition) is 0. The lowest BCUT2D eigenvalue weighted by Crippen LogP contribution is -2.46. The second kappa shape index (κ2) is 9.00. The molecule has 3 aromatic heterocycles. The zero-order valence-corrected chi connectivity index (χ0v) is 19.8. The number of fused-ring (bicyclic) bond motifs is 1. The summed E-state index contributed by atoms with van der Waals surface area (Å²) in [5, 5.41) is 4.51. The maximum atomic E-state index is 5.32. The highest BCUT2D eigenvalue weighted by molar-refractivity contribution is 5.64. The molecule has 0 aliphatic carbocycles. The van der Waals surface area contributed by atoms with Gasteiger partial charge in [0.2, 0.25) is 0 Å². The molecule has 4 aromatic rings. The smallest absolute Gasteiger partial charge is 0.137 e. The monoisotopic (exact) mass is 444 g/mol. The number of piperazine rings is 1. The van der Waals surface area contributed by atoms with Crippen LogP contribution in [0.4, 0.5) is 0 Å². The Hall–Kier alpha value is -3.16. The molecule has 5 rings (SSSR count). The molecule has 0 amide bonds. The Morgan fingerprint density at radius 3 is 2.61 bits per heavy atom. The Morgan fingerprint density at radius 1 is 1.06 bits per heavy atom. The molecule has 7 nitrogen and oxygen atoms in total. The van der Waals surface area contributed by atoms with Gasteiger partial charge in [-0.25, -0.2) is 4.98 Å². The summed E-state index contributed by atoms with van der Waals surface area (Å²) in [5.74, 6) is 0.861. The summed E-state index contributed by atoms with van der Waals surface area (Å²) in [6, 6.07) is 15.1. The largest absolute Gasteiger partial charge is 0.497 e. The van der Waals surface area contributed by atoms with Crippen molar-refractivity contribution in [2.75, 3.05) is 33.8 Å². The van der Waals surface area contributed by atoms with Gasteiger partial charge >= 0.3 is 0 Å². The summed E-state index contributed by atoms with van der Waals surface area (Å²) in [4.78, 5) is 9.96. The molecule has 1 aromatic carbocycles. The van der Waals surface area contributed by atoms with Gasteiger partial charge in [0.15, 0.2) is 0 Å². The maximum Gasteiger partial charge on any atom is 0.137 e. The van der Waals surface area contributed by atoms with Gasteiger partial charge in [-0.05, 0) is 62.9 Å². The minimum atomic E-state index is 0.252. The number of pyridine rings is 1. The van der Waals surface area contributed by atoms with E-state index in [2.05, 4.69) is 82.9 Å². The van der Waals surface area contributed by atoms with Crippen LogP contribution in [-0.4, -0.2) is 62.8 Å². The van der Waals surface area contributed by atoms with Crippen LogP contribution < -0.4 is 4.74 Å². The van der Waals surface area contributed by atoms with Crippen molar-refractivity contribution in [2.24, 2.45) is 0 Å². The van der Waals surface area contributed by atoms with Gasteiger partial charge in [-0.3, -0.25) is 18.9 Å². The fourth-order valence-electron chi connectivity index (χ4n) is 4.58. The molecule has 1 fully saturated rings. The van der Waals surface area contributed by atoms with E-state index in [-0.39, 0.29) is 6.04 Å². The summed E-state index contributed by atoms with van der Waals surface area (Å²) in [6.07, 6.45) is 6.37. The van der Waals surface area contributed by atoms with Crippen molar-refractivity contribution >= 4 is 5.65 Å². The van der Waals surface area contributed by atoms with Crippen LogP contribution in [0.25, 0.3) is 16.9 Å². The average Bonchev–Trinajstić information content (AvgIpc) is 3.47. The standard InChI is InChI=1S/C26H32N6O/c1-19(2)32-16-20(14-27-32)15-30-13-12-29(3)25(18-30)23-17-31-24(6-5-7-26(31)28-23)21-8-10-22(33-4)11-9-21/h5-11,14,16-17,19,25H,12-13,15,18H2,1-4H3/t25-/m0/s1. The molecular formula is C26H32N6O. The van der Waals surface area contributed by atoms with Gasteiger partial charge in [-0.2, -0.15) is 5.10 Å². The number of hydrogen-bond acceptors (Lipinski definition) is 5. The van der Waals surface area contributed by atoms with Gasteiger partial charge in [0.1, 0.15) is 11.4 Å². The fraction of sp³-hybridized carbons (Fsp3) is 0.385. The first kappa shape index (κ1) is 21.7. The Labute approximate surface area is 195 Å². The molecule has 1 atom stereocenters. The van der Waals surface area contributed by atoms with Crippen molar-refractivity contribution in [3.05, 3.63) is 72.3 Å². The summed E-state index contributed by atoms with van der Waals surface area (Å²) >= 11 is 0. The van der Waals surface area contributed by atoms with E-state index in [9.17, 15) is 0 Å². The van der Waals surface area contributed by atoms with E-state index >= 15 is 0 Å². The van der Waals surface area contributed by atoms with Crippen LogP contribution in [0.2, 0.25) is 0 Å². The lowest BCUT2D eigenvalue weighted by molar-refractivity contribution is 0.0885. The maximum absolute atomic E-state index is 5.32. The Bertz CT molecular complexity index is 1230. The van der Waals surface area contributed by atoms with E-state index in [1.165, 1.54) is 5.56 Å². The molecule has 0 N–H and O–H groups in total. The van der Waals surface area contributed by atoms with Crippen molar-refractivity contribution in [3.8, 4) is 17.0 Å². The third-order valence-electron chi connectivity index (χ3n) is 6.56. The molecule has 7 heteroatoms. The molecule has 0 spiro atoms. The normalized spacial score (nSPS) is 17.8. The highest BCUT2D eigenvalue weighted by atomic mass is 16.5. The van der Waals surface area contributed by atoms with Crippen LogP contribution >= 0.6 is 0 Å². The van der Waals surface area contributed by atoms with E-state index in [0.29, 0.717) is 6.04 Å². The Balaban J connectivity index is 1.40. The van der Waals surface area contributed by atoms with Crippen molar-refractivity contribution in [1.29, 1.82) is 0 Å². The fourth-order valence-corrected chi connectivity index (χ4v) is 4.58. The van der Waals surface area contributed by atoms with Crippen molar-refractivity contribution in [3.63, 3.8) is 0 Å². The average molecular weight is 445 g/mol. The number of imidazole rings is 1. The second-order valence-corrected chi connectivity index (χ2v) is 9.19. The minimum Gasteiger partial charge on any atom is -0.497 e. The number of nitrogens with zero attached hydrogens (tertiary/aromatic N) is 6. The van der Waals surface area contributed by atoms with E-state index in [4.69, 9.17) is 9.72 Å². The zero-order valence-electron chi connectivity index (χ0n) is 19.8. The first-order valence-corrected chi connectivity index (χ1v) is 11.6. The van der Waals surface area contributed by atoms with E-state index in [0.717, 1.165) is 54.5 Å². The molecule has 1 aliphatic rings. The van der Waals surface area contributed by atoms with Gasteiger partial charge in [0, 0.05) is 50.2 Å². The molecule has 172 valence electrons. The van der Waals surface area contributed by atoms with Crippen LogP contribution in [0.3, 0.4) is 0 Å². The van der Waals surface area contributed by atoms with Crippen molar-refractivity contribution < 1.29 is 4.74 Å². The lowest BCUT2D eigenvalue weighted by Gasteiger charge is -2.38. The number of benzene rings is 1. The van der Waals surface area contributed by atoms with Crippen molar-refractivity contribution in [1.82, 2.24) is 29.0 Å². The summed E-state index contributed by atoms with van der Waals surface area (Å²) in [7, 11) is 3.89. The third-order valence-corrected chi connectivity index (χ3v) is 6.56. The highest BCUT2D eigenvalue weighted by Crippen LogP contribution is 2.28. The van der Waals surface area contributed by atoms with Crippen LogP contribution in [0.1, 0.15) is 37.2 Å². The number of methoxy groups -OCH3 is 1. The summed E-state index contributed by atoms with van der Waals surface area (Å²) < 4.78 is 9.56. The first-order chi connectivity index (χ1) is 16.0. The van der Waals surface area contributed by atoms with Crippen LogP contribution in [-0.2, 0) is 6.54 Å². The zero-order chi connectivity index (χ0) is 22.9. The molecule has 0 saturated carbocycles. The predicted molar refractivity (Wildman–Crippen MR) is 130 cm³/mol. The summed E-state index contributed by atoms with van der Waals surface area (Å²) in [6.45, 7) is 8.25. The minimum absolute atomic E-state index is 0.252. The van der Waals surface area contributed by atoms with E-state index in [1.54, 1.807) is 7.11 Å². The quantitative estimate of drug-likeness (QED) is 0.444. The number of rotatable bonds is 6. The first-order valence-electron chi connectivity index (χ1n) is 11.6. The highest BCUT2D eigenvalue weighted by Gasteiger charge is 2.28. The molecule has 4 heterocycles. The third kappa shape index (κ3) is 4.38. The molecule has 0 unspecified atom stereocenters. The van der Waals surface area contributed by atoms with Crippen LogP contribution in [0.15, 0.2) is 61.1 Å².